The Hall–Kier alpha value is -1.84. The fourth-order valence-corrected chi connectivity index (χ4v) is 0.583. The van der Waals surface area contributed by atoms with Gasteiger partial charge in [-0.05, 0) is 12.1 Å². The molecule has 0 aliphatic carbocycles. The maximum Gasteiger partial charge on any atom is 0.250 e. The summed E-state index contributed by atoms with van der Waals surface area (Å²) in [6, 6.07) is 3.67. The molecule has 0 spiro atoms. The molecule has 0 radical (unpaired) electrons. The van der Waals surface area contributed by atoms with Crippen molar-refractivity contribution in [2.45, 2.75) is 0 Å². The molecule has 0 fully saturated rings. The Morgan fingerprint density at radius 1 is 1.00 bits per heavy atom. The van der Waals surface area contributed by atoms with E-state index in [1.807, 2.05) is 17.4 Å². The molecule has 12 heavy (non-hydrogen) atoms. The minimum absolute atomic E-state index is 0.329. The van der Waals surface area contributed by atoms with Gasteiger partial charge in [0.2, 0.25) is 0 Å². The third-order valence-electron chi connectivity index (χ3n) is 1.06. The summed E-state index contributed by atoms with van der Waals surface area (Å²) in [6.45, 7) is 0. The predicted molar refractivity (Wildman–Crippen MR) is 41.0 cm³/mol. The van der Waals surface area contributed by atoms with Crippen molar-refractivity contribution in [3.8, 4) is 0 Å². The summed E-state index contributed by atoms with van der Waals surface area (Å²) >= 11 is 0. The molecular formula is C8H7NO3. The molecule has 1 aromatic heterocycles. The van der Waals surface area contributed by atoms with Gasteiger partial charge in [0.25, 0.3) is 11.8 Å². The highest BCUT2D eigenvalue weighted by atomic mass is 16.3. The van der Waals surface area contributed by atoms with Gasteiger partial charge in [-0.2, -0.15) is 0 Å². The van der Waals surface area contributed by atoms with Gasteiger partial charge in [0.15, 0.2) is 0 Å². The van der Waals surface area contributed by atoms with Gasteiger partial charge >= 0.3 is 0 Å². The molecule has 4 heteroatoms. The number of hydrogen-bond donors (Lipinski definition) is 1. The summed E-state index contributed by atoms with van der Waals surface area (Å²) < 4.78 is 4.58. The Labute approximate surface area is 68.9 Å². The number of carbonyl (C=O) groups is 2. The molecule has 1 aliphatic heterocycles. The van der Waals surface area contributed by atoms with Gasteiger partial charge < -0.3 is 4.42 Å². The molecule has 0 bridgehead atoms. The van der Waals surface area contributed by atoms with Crippen molar-refractivity contribution < 1.29 is 14.0 Å². The standard InChI is InChI=1S/C4H3NO2.C4H4O/c6-3-1-2-4(7)5-3;1-2-4-5-3-1/h1-2H,(H,5,6,7);1-4H. The lowest BCUT2D eigenvalue weighted by Gasteiger charge is -1.80. The molecule has 2 rings (SSSR count). The fourth-order valence-electron chi connectivity index (χ4n) is 0.583. The zero-order valence-electron chi connectivity index (χ0n) is 6.19. The van der Waals surface area contributed by atoms with Crippen molar-refractivity contribution in [1.82, 2.24) is 5.32 Å². The zero-order valence-corrected chi connectivity index (χ0v) is 6.19. The summed E-state index contributed by atoms with van der Waals surface area (Å²) in [7, 11) is 0. The smallest absolute Gasteiger partial charge is 0.250 e. The molecule has 2 amide bonds. The van der Waals surface area contributed by atoms with Crippen LogP contribution < -0.4 is 5.32 Å². The van der Waals surface area contributed by atoms with E-state index >= 15 is 0 Å². The van der Waals surface area contributed by atoms with Crippen LogP contribution in [-0.4, -0.2) is 11.8 Å². The molecular weight excluding hydrogens is 158 g/mol. The highest BCUT2D eigenvalue weighted by Crippen LogP contribution is 1.82. The molecule has 62 valence electrons. The van der Waals surface area contributed by atoms with Crippen LogP contribution in [0.3, 0.4) is 0 Å². The van der Waals surface area contributed by atoms with Gasteiger partial charge in [0.05, 0.1) is 12.5 Å². The van der Waals surface area contributed by atoms with Crippen LogP contribution in [-0.2, 0) is 9.59 Å². The highest BCUT2D eigenvalue weighted by Gasteiger charge is 2.06. The Balaban J connectivity index is 0.000000127. The van der Waals surface area contributed by atoms with Gasteiger partial charge in [0.1, 0.15) is 0 Å². The third kappa shape index (κ3) is 2.83. The third-order valence-corrected chi connectivity index (χ3v) is 1.06. The lowest BCUT2D eigenvalue weighted by Crippen LogP contribution is -2.19. The zero-order chi connectivity index (χ0) is 8.81. The number of furan rings is 1. The molecule has 1 aliphatic rings. The fraction of sp³-hybridized carbons (Fsp3) is 0. The summed E-state index contributed by atoms with van der Waals surface area (Å²) in [6.07, 6.45) is 5.64. The quantitative estimate of drug-likeness (QED) is 0.569. The first-order chi connectivity index (χ1) is 5.79. The van der Waals surface area contributed by atoms with Crippen LogP contribution in [0.15, 0.2) is 41.2 Å². The number of amides is 2. The summed E-state index contributed by atoms with van der Waals surface area (Å²) in [5, 5.41) is 2.03. The summed E-state index contributed by atoms with van der Waals surface area (Å²) in [5.74, 6) is -0.657. The lowest BCUT2D eigenvalue weighted by molar-refractivity contribution is -0.123. The minimum Gasteiger partial charge on any atom is -0.473 e. The predicted octanol–water partition coefficient (Wildman–Crippen LogP) is 0.479. The summed E-state index contributed by atoms with van der Waals surface area (Å²) in [5.41, 5.74) is 0. The van der Waals surface area contributed by atoms with Crippen molar-refractivity contribution in [3.05, 3.63) is 36.8 Å². The average Bonchev–Trinajstić information content (AvgIpc) is 2.63. The minimum atomic E-state index is -0.329. The SMILES string of the molecule is O=C1C=CC(=O)N1.c1ccoc1. The number of nitrogens with one attached hydrogen (secondary N) is 1. The maximum absolute atomic E-state index is 10.0. The van der Waals surface area contributed by atoms with E-state index in [0.29, 0.717) is 0 Å². The van der Waals surface area contributed by atoms with Gasteiger partial charge in [0, 0.05) is 12.2 Å². The van der Waals surface area contributed by atoms with Gasteiger partial charge in [-0.1, -0.05) is 0 Å². The van der Waals surface area contributed by atoms with Crippen LogP contribution in [0.4, 0.5) is 0 Å². The number of hydrogen-bond acceptors (Lipinski definition) is 3. The number of rotatable bonds is 0. The molecule has 0 atom stereocenters. The van der Waals surface area contributed by atoms with Crippen molar-refractivity contribution in [3.63, 3.8) is 0 Å². The van der Waals surface area contributed by atoms with E-state index in [4.69, 9.17) is 0 Å². The van der Waals surface area contributed by atoms with Crippen LogP contribution >= 0.6 is 0 Å². The van der Waals surface area contributed by atoms with Crippen molar-refractivity contribution >= 4 is 11.8 Å². The molecule has 4 nitrogen and oxygen atoms in total. The van der Waals surface area contributed by atoms with E-state index in [9.17, 15) is 9.59 Å². The summed E-state index contributed by atoms with van der Waals surface area (Å²) in [4.78, 5) is 20.1. The van der Waals surface area contributed by atoms with E-state index in [0.717, 1.165) is 0 Å². The number of carbonyl (C=O) groups excluding carboxylic acids is 2. The first-order valence-corrected chi connectivity index (χ1v) is 3.29. The Kier molecular flexibility index (Phi) is 2.84. The van der Waals surface area contributed by atoms with E-state index < -0.39 is 0 Å². The van der Waals surface area contributed by atoms with Gasteiger partial charge in [-0.15, -0.1) is 0 Å². The second-order valence-corrected chi connectivity index (χ2v) is 1.98. The van der Waals surface area contributed by atoms with Gasteiger partial charge in [-0.3, -0.25) is 14.9 Å². The maximum atomic E-state index is 10.0. The first kappa shape index (κ1) is 8.26. The van der Waals surface area contributed by atoms with Crippen molar-refractivity contribution in [2.75, 3.05) is 0 Å². The average molecular weight is 165 g/mol. The van der Waals surface area contributed by atoms with E-state index in [1.165, 1.54) is 12.2 Å². The van der Waals surface area contributed by atoms with Crippen molar-refractivity contribution in [2.24, 2.45) is 0 Å². The molecule has 0 saturated carbocycles. The van der Waals surface area contributed by atoms with Crippen LogP contribution in [0.1, 0.15) is 0 Å². The molecule has 0 saturated heterocycles. The van der Waals surface area contributed by atoms with Crippen LogP contribution in [0, 0.1) is 0 Å². The van der Waals surface area contributed by atoms with Crippen LogP contribution in [0.2, 0.25) is 0 Å². The van der Waals surface area contributed by atoms with E-state index in [2.05, 4.69) is 4.42 Å². The Morgan fingerprint density at radius 3 is 1.67 bits per heavy atom. The highest BCUT2D eigenvalue weighted by molar-refractivity contribution is 6.12. The molecule has 1 N–H and O–H groups in total. The first-order valence-electron chi connectivity index (χ1n) is 3.29. The Morgan fingerprint density at radius 2 is 1.50 bits per heavy atom. The monoisotopic (exact) mass is 165 g/mol. The Bertz CT molecular complexity index is 254. The molecule has 0 aromatic carbocycles. The van der Waals surface area contributed by atoms with E-state index in [1.54, 1.807) is 12.5 Å². The van der Waals surface area contributed by atoms with E-state index in [-0.39, 0.29) is 11.8 Å². The molecule has 1 aromatic rings. The number of imide groups is 1. The van der Waals surface area contributed by atoms with Crippen LogP contribution in [0.5, 0.6) is 0 Å². The van der Waals surface area contributed by atoms with Crippen LogP contribution in [0.25, 0.3) is 0 Å². The second kappa shape index (κ2) is 4.12. The molecule has 2 heterocycles. The second-order valence-electron chi connectivity index (χ2n) is 1.98. The molecule has 0 unspecified atom stereocenters. The van der Waals surface area contributed by atoms with Crippen molar-refractivity contribution in [1.29, 1.82) is 0 Å². The lowest BCUT2D eigenvalue weighted by atomic mass is 10.6. The largest absolute Gasteiger partial charge is 0.473 e. The topological polar surface area (TPSA) is 59.3 Å². The van der Waals surface area contributed by atoms with Gasteiger partial charge in [-0.25, -0.2) is 0 Å². The normalized spacial score (nSPS) is 13.7.